The Morgan fingerprint density at radius 3 is 2.66 bits per heavy atom. The van der Waals surface area contributed by atoms with Gasteiger partial charge >= 0.3 is 6.03 Å². The van der Waals surface area contributed by atoms with Crippen LogP contribution in [-0.2, 0) is 14.3 Å². The third kappa shape index (κ3) is 5.45. The van der Waals surface area contributed by atoms with Crippen molar-refractivity contribution in [1.29, 1.82) is 0 Å². The fourth-order valence-corrected chi connectivity index (χ4v) is 3.87. The van der Waals surface area contributed by atoms with Crippen LogP contribution in [0.4, 0.5) is 10.5 Å². The third-order valence-electron chi connectivity index (χ3n) is 5.39. The monoisotopic (exact) mass is 407 g/mol. The van der Waals surface area contributed by atoms with Crippen molar-refractivity contribution < 1.29 is 29.3 Å². The molecule has 2 fully saturated rings. The van der Waals surface area contributed by atoms with Gasteiger partial charge in [-0.3, -0.25) is 4.79 Å². The van der Waals surface area contributed by atoms with Crippen molar-refractivity contribution in [3.63, 3.8) is 0 Å². The molecule has 1 aromatic carbocycles. The number of para-hydroxylation sites is 1. The number of urea groups is 1. The lowest BCUT2D eigenvalue weighted by molar-refractivity contribution is -0.137. The lowest BCUT2D eigenvalue weighted by Crippen LogP contribution is -2.42. The van der Waals surface area contributed by atoms with Gasteiger partial charge in [0.25, 0.3) is 0 Å². The Labute approximate surface area is 170 Å². The van der Waals surface area contributed by atoms with Crippen molar-refractivity contribution in [2.45, 2.75) is 49.7 Å². The molecule has 0 spiro atoms. The zero-order valence-electron chi connectivity index (χ0n) is 16.5. The lowest BCUT2D eigenvalue weighted by Gasteiger charge is -2.26. The number of nitrogens with one attached hydrogen (secondary N) is 2. The van der Waals surface area contributed by atoms with Crippen LogP contribution in [0.2, 0.25) is 0 Å². The summed E-state index contributed by atoms with van der Waals surface area (Å²) in [5.74, 6) is -0.128. The summed E-state index contributed by atoms with van der Waals surface area (Å²) >= 11 is 0. The number of ether oxygens (including phenoxy) is 2. The Bertz CT molecular complexity index is 688. The highest BCUT2D eigenvalue weighted by Crippen LogP contribution is 2.26. The molecule has 160 valence electrons. The molecule has 29 heavy (non-hydrogen) atoms. The maximum absolute atomic E-state index is 12.6. The molecular formula is C20H29N3O6. The van der Waals surface area contributed by atoms with Crippen LogP contribution in [0.3, 0.4) is 0 Å². The molecule has 0 bridgehead atoms. The first-order valence-electron chi connectivity index (χ1n) is 9.89. The van der Waals surface area contributed by atoms with Gasteiger partial charge in [-0.25, -0.2) is 4.79 Å². The zero-order valence-corrected chi connectivity index (χ0v) is 16.5. The Balaban J connectivity index is 1.48. The Morgan fingerprint density at radius 1 is 1.21 bits per heavy atom. The first kappa shape index (κ1) is 21.5. The molecule has 1 aromatic rings. The van der Waals surface area contributed by atoms with Crippen molar-refractivity contribution in [3.05, 3.63) is 30.3 Å². The lowest BCUT2D eigenvalue weighted by atomic mass is 10.0. The summed E-state index contributed by atoms with van der Waals surface area (Å²) in [6.45, 7) is 1.14. The summed E-state index contributed by atoms with van der Waals surface area (Å²) in [4.78, 5) is 26.4. The number of methoxy groups -OCH3 is 1. The highest BCUT2D eigenvalue weighted by atomic mass is 16.5. The Hall–Kier alpha value is -2.20. The number of likely N-dealkylation sites (tertiary alicyclic amines) is 1. The van der Waals surface area contributed by atoms with Gasteiger partial charge in [-0.2, -0.15) is 0 Å². The largest absolute Gasteiger partial charge is 0.388 e. The topological polar surface area (TPSA) is 120 Å². The quantitative estimate of drug-likeness (QED) is 0.517. The minimum atomic E-state index is -1.19. The maximum Gasteiger partial charge on any atom is 0.319 e. The second-order valence-electron chi connectivity index (χ2n) is 7.44. The van der Waals surface area contributed by atoms with Gasteiger partial charge in [0.1, 0.15) is 18.3 Å². The van der Waals surface area contributed by atoms with Crippen LogP contribution in [0, 0.1) is 0 Å². The van der Waals surface area contributed by atoms with E-state index >= 15 is 0 Å². The number of benzene rings is 1. The second kappa shape index (κ2) is 10.0. The van der Waals surface area contributed by atoms with Crippen LogP contribution in [0.5, 0.6) is 0 Å². The van der Waals surface area contributed by atoms with Crippen LogP contribution in [0.1, 0.15) is 19.3 Å². The number of anilines is 1. The minimum Gasteiger partial charge on any atom is -0.388 e. The maximum atomic E-state index is 12.6. The van der Waals surface area contributed by atoms with Crippen LogP contribution < -0.4 is 10.6 Å². The first-order chi connectivity index (χ1) is 14.0. The van der Waals surface area contributed by atoms with Crippen molar-refractivity contribution in [2.75, 3.05) is 32.1 Å². The van der Waals surface area contributed by atoms with E-state index in [0.717, 1.165) is 12.8 Å². The summed E-state index contributed by atoms with van der Waals surface area (Å²) in [7, 11) is 1.60. The molecule has 5 atom stereocenters. The van der Waals surface area contributed by atoms with E-state index < -0.39 is 30.4 Å². The highest BCUT2D eigenvalue weighted by molar-refractivity contribution is 5.89. The summed E-state index contributed by atoms with van der Waals surface area (Å²) in [6, 6.07) is 8.54. The minimum absolute atomic E-state index is 0.0115. The Kier molecular flexibility index (Phi) is 7.43. The number of amides is 3. The van der Waals surface area contributed by atoms with Crippen molar-refractivity contribution in [1.82, 2.24) is 10.2 Å². The summed E-state index contributed by atoms with van der Waals surface area (Å²) in [5.41, 5.74) is 0.637. The van der Waals surface area contributed by atoms with Crippen molar-refractivity contribution in [2.24, 2.45) is 0 Å². The molecule has 9 nitrogen and oxygen atoms in total. The van der Waals surface area contributed by atoms with Crippen LogP contribution in [0.25, 0.3) is 0 Å². The average Bonchev–Trinajstić information content (AvgIpc) is 3.28. The van der Waals surface area contributed by atoms with E-state index in [-0.39, 0.29) is 24.9 Å². The fraction of sp³-hybridized carbons (Fsp3) is 0.600. The molecular weight excluding hydrogens is 378 g/mol. The van der Waals surface area contributed by atoms with Gasteiger partial charge in [0.15, 0.2) is 0 Å². The number of aliphatic hydroxyl groups excluding tert-OH is 2. The summed E-state index contributed by atoms with van der Waals surface area (Å²) in [6.07, 6.45) is -2.20. The number of hydrogen-bond donors (Lipinski definition) is 4. The standard InChI is InChI=1S/C20H29N3O6/c1-28-12-14-8-5-9-23(14)17(24)10-15-18(25)19(26)16(29-15)11-21-20(27)22-13-6-3-2-4-7-13/h2-4,6-7,14-16,18-19,25-26H,5,8-12H2,1H3,(H2,21,22,27)/t14-,15+,16+,18-,19+/m0/s1. The molecule has 0 aliphatic carbocycles. The van der Waals surface area contributed by atoms with E-state index in [0.29, 0.717) is 18.8 Å². The van der Waals surface area contributed by atoms with Gasteiger partial charge in [-0.1, -0.05) is 18.2 Å². The van der Waals surface area contributed by atoms with Gasteiger partial charge in [-0.15, -0.1) is 0 Å². The molecule has 3 rings (SSSR count). The zero-order chi connectivity index (χ0) is 20.8. The van der Waals surface area contributed by atoms with Gasteiger partial charge in [0, 0.05) is 25.9 Å². The smallest absolute Gasteiger partial charge is 0.319 e. The van der Waals surface area contributed by atoms with E-state index in [2.05, 4.69) is 10.6 Å². The molecule has 2 aliphatic heterocycles. The average molecular weight is 407 g/mol. The number of rotatable bonds is 7. The van der Waals surface area contributed by atoms with Gasteiger partial charge in [0.05, 0.1) is 25.2 Å². The molecule has 3 amide bonds. The van der Waals surface area contributed by atoms with Crippen LogP contribution in [0.15, 0.2) is 30.3 Å². The number of aliphatic hydroxyl groups is 2. The normalized spacial score (nSPS) is 29.1. The summed E-state index contributed by atoms with van der Waals surface area (Å²) in [5, 5.41) is 25.8. The first-order valence-corrected chi connectivity index (χ1v) is 9.89. The predicted molar refractivity (Wildman–Crippen MR) is 105 cm³/mol. The van der Waals surface area contributed by atoms with Crippen LogP contribution >= 0.6 is 0 Å². The molecule has 2 saturated heterocycles. The molecule has 0 unspecified atom stereocenters. The fourth-order valence-electron chi connectivity index (χ4n) is 3.87. The second-order valence-corrected chi connectivity index (χ2v) is 7.44. The molecule has 2 heterocycles. The van der Waals surface area contributed by atoms with Crippen LogP contribution in [-0.4, -0.2) is 84.3 Å². The molecule has 4 N–H and O–H groups in total. The summed E-state index contributed by atoms with van der Waals surface area (Å²) < 4.78 is 10.9. The van der Waals surface area contributed by atoms with Gasteiger partial charge in [-0.05, 0) is 25.0 Å². The molecule has 0 radical (unpaired) electrons. The SMILES string of the molecule is COC[C@@H]1CCCN1C(=O)C[C@H]1O[C@H](CNC(=O)Nc2ccccc2)[C@@H](O)[C@H]1O. The highest BCUT2D eigenvalue weighted by Gasteiger charge is 2.44. The number of nitrogens with zero attached hydrogens (tertiary/aromatic N) is 1. The number of hydrogen-bond acceptors (Lipinski definition) is 6. The predicted octanol–water partition coefficient (Wildman–Crippen LogP) is 0.325. The molecule has 9 heteroatoms. The van der Waals surface area contributed by atoms with E-state index in [1.54, 1.807) is 36.3 Å². The Morgan fingerprint density at radius 2 is 1.93 bits per heavy atom. The van der Waals surface area contributed by atoms with Crippen molar-refractivity contribution >= 4 is 17.6 Å². The van der Waals surface area contributed by atoms with E-state index in [9.17, 15) is 19.8 Å². The van der Waals surface area contributed by atoms with E-state index in [4.69, 9.17) is 9.47 Å². The molecule has 2 aliphatic rings. The van der Waals surface area contributed by atoms with Gasteiger partial charge in [0.2, 0.25) is 5.91 Å². The molecule has 0 aromatic heterocycles. The number of carbonyl (C=O) groups excluding carboxylic acids is 2. The third-order valence-corrected chi connectivity index (χ3v) is 5.39. The number of carbonyl (C=O) groups is 2. The molecule has 0 saturated carbocycles. The van der Waals surface area contributed by atoms with E-state index in [1.165, 1.54) is 0 Å². The van der Waals surface area contributed by atoms with Crippen molar-refractivity contribution in [3.8, 4) is 0 Å². The van der Waals surface area contributed by atoms with Gasteiger partial charge < -0.3 is 35.2 Å². The van der Waals surface area contributed by atoms with E-state index in [1.807, 2.05) is 6.07 Å².